The van der Waals surface area contributed by atoms with Gasteiger partial charge < -0.3 is 9.64 Å². The average molecular weight is 376 g/mol. The van der Waals surface area contributed by atoms with Crippen LogP contribution in [0.15, 0.2) is 47.8 Å². The summed E-state index contributed by atoms with van der Waals surface area (Å²) in [5, 5.41) is 1.70. The minimum atomic E-state index is -0.552. The van der Waals surface area contributed by atoms with Gasteiger partial charge in [0.15, 0.2) is 0 Å². The van der Waals surface area contributed by atoms with E-state index in [4.69, 9.17) is 4.74 Å². The zero-order chi connectivity index (χ0) is 17.8. The Morgan fingerprint density at radius 3 is 2.60 bits per heavy atom. The molecule has 0 radical (unpaired) electrons. The Bertz CT molecular complexity index is 716. The van der Waals surface area contributed by atoms with E-state index in [2.05, 4.69) is 0 Å². The van der Waals surface area contributed by atoms with E-state index in [0.29, 0.717) is 17.2 Å². The van der Waals surface area contributed by atoms with Gasteiger partial charge >= 0.3 is 5.97 Å². The number of carbonyl (C=O) groups excluding carboxylic acids is 2. The molecule has 2 aromatic rings. The molecule has 1 aliphatic heterocycles. The fourth-order valence-corrected chi connectivity index (χ4v) is 4.76. The highest BCUT2D eigenvalue weighted by Crippen LogP contribution is 2.42. The highest BCUT2D eigenvalue weighted by molar-refractivity contribution is 7.99. The van der Waals surface area contributed by atoms with Crippen LogP contribution in [0, 0.1) is 5.92 Å². The molecule has 132 valence electrons. The number of rotatable bonds is 5. The van der Waals surface area contributed by atoms with Crippen LogP contribution in [-0.4, -0.2) is 35.2 Å². The summed E-state index contributed by atoms with van der Waals surface area (Å²) >= 11 is 3.00. The number of thioether (sulfide) groups is 1. The van der Waals surface area contributed by atoms with Crippen molar-refractivity contribution in [2.45, 2.75) is 25.3 Å². The first-order valence-electron chi connectivity index (χ1n) is 8.27. The van der Waals surface area contributed by atoms with E-state index >= 15 is 0 Å². The van der Waals surface area contributed by atoms with Gasteiger partial charge in [0.1, 0.15) is 11.4 Å². The molecule has 0 bridgehead atoms. The van der Waals surface area contributed by atoms with Crippen molar-refractivity contribution in [2.24, 2.45) is 5.92 Å². The molecule has 2 atom stereocenters. The zero-order valence-corrected chi connectivity index (χ0v) is 15.9. The van der Waals surface area contributed by atoms with Gasteiger partial charge in [-0.1, -0.05) is 50.2 Å². The van der Waals surface area contributed by atoms with E-state index in [1.807, 2.05) is 55.6 Å². The monoisotopic (exact) mass is 375 g/mol. The second-order valence-electron chi connectivity index (χ2n) is 6.33. The predicted molar refractivity (Wildman–Crippen MR) is 102 cm³/mol. The zero-order valence-electron chi connectivity index (χ0n) is 14.3. The van der Waals surface area contributed by atoms with Gasteiger partial charge in [-0.2, -0.15) is 0 Å². The summed E-state index contributed by atoms with van der Waals surface area (Å²) < 4.78 is 5.43. The van der Waals surface area contributed by atoms with Gasteiger partial charge in [0, 0.05) is 5.75 Å². The van der Waals surface area contributed by atoms with Gasteiger partial charge in [-0.15, -0.1) is 23.1 Å². The standard InChI is InChI=1S/C19H21NO3S2/c1-13(2)11-23-19(22)15-12-25-18(14-7-4-3-5-8-14)20(15)17(21)16-9-6-10-24-16/h3-10,13,15,18H,11-12H2,1-2H3. The molecular weight excluding hydrogens is 354 g/mol. The molecule has 1 fully saturated rings. The number of nitrogens with zero attached hydrogens (tertiary/aromatic N) is 1. The lowest BCUT2D eigenvalue weighted by molar-refractivity contribution is -0.149. The number of carbonyl (C=O) groups is 2. The minimum absolute atomic E-state index is 0.111. The summed E-state index contributed by atoms with van der Waals surface area (Å²) in [6, 6.07) is 12.9. The van der Waals surface area contributed by atoms with Crippen LogP contribution in [0.2, 0.25) is 0 Å². The summed E-state index contributed by atoms with van der Waals surface area (Å²) in [5.74, 6) is 0.391. The summed E-state index contributed by atoms with van der Waals surface area (Å²) in [7, 11) is 0. The van der Waals surface area contributed by atoms with Crippen molar-refractivity contribution in [3.05, 3.63) is 58.3 Å². The van der Waals surface area contributed by atoms with E-state index in [1.165, 1.54) is 11.3 Å². The van der Waals surface area contributed by atoms with E-state index < -0.39 is 6.04 Å². The van der Waals surface area contributed by atoms with Crippen LogP contribution in [0.3, 0.4) is 0 Å². The molecule has 1 saturated heterocycles. The van der Waals surface area contributed by atoms with Crippen molar-refractivity contribution in [1.82, 2.24) is 4.90 Å². The second kappa shape index (κ2) is 8.06. The van der Waals surface area contributed by atoms with Crippen LogP contribution in [0.4, 0.5) is 0 Å². The van der Waals surface area contributed by atoms with Crippen LogP contribution < -0.4 is 0 Å². The molecule has 1 aromatic heterocycles. The Labute approximate surface area is 156 Å². The van der Waals surface area contributed by atoms with Crippen molar-refractivity contribution in [3.8, 4) is 0 Å². The number of thiophene rings is 1. The quantitative estimate of drug-likeness (QED) is 0.735. The maximum Gasteiger partial charge on any atom is 0.329 e. The van der Waals surface area contributed by atoms with E-state index in [0.717, 1.165) is 5.56 Å². The van der Waals surface area contributed by atoms with Gasteiger partial charge in [0.2, 0.25) is 0 Å². The molecule has 2 heterocycles. The summed E-state index contributed by atoms with van der Waals surface area (Å²) in [5.41, 5.74) is 1.02. The minimum Gasteiger partial charge on any atom is -0.464 e. The Morgan fingerprint density at radius 1 is 1.20 bits per heavy atom. The van der Waals surface area contributed by atoms with E-state index in [9.17, 15) is 9.59 Å². The van der Waals surface area contributed by atoms with E-state index in [1.54, 1.807) is 22.7 Å². The number of benzene rings is 1. The molecule has 0 N–H and O–H groups in total. The van der Waals surface area contributed by atoms with Crippen molar-refractivity contribution in [3.63, 3.8) is 0 Å². The van der Waals surface area contributed by atoms with Crippen LogP contribution in [0.1, 0.15) is 34.5 Å². The molecule has 1 aromatic carbocycles. The van der Waals surface area contributed by atoms with Gasteiger partial charge in [-0.3, -0.25) is 4.79 Å². The smallest absolute Gasteiger partial charge is 0.329 e. The fourth-order valence-electron chi connectivity index (χ4n) is 2.68. The molecule has 1 amide bonds. The number of ether oxygens (including phenoxy) is 1. The molecule has 4 nitrogen and oxygen atoms in total. The predicted octanol–water partition coefficient (Wildman–Crippen LogP) is 4.20. The third kappa shape index (κ3) is 4.07. The molecule has 0 aliphatic carbocycles. The van der Waals surface area contributed by atoms with Gasteiger partial charge in [-0.25, -0.2) is 4.79 Å². The molecule has 2 unspecified atom stereocenters. The van der Waals surface area contributed by atoms with E-state index in [-0.39, 0.29) is 23.2 Å². The molecule has 1 aliphatic rings. The van der Waals surface area contributed by atoms with Crippen LogP contribution in [0.5, 0.6) is 0 Å². The number of amides is 1. The Hall–Kier alpha value is -1.79. The van der Waals surface area contributed by atoms with Gasteiger partial charge in [0.25, 0.3) is 5.91 Å². The summed E-state index contributed by atoms with van der Waals surface area (Å²) in [6.07, 6.45) is 0. The largest absolute Gasteiger partial charge is 0.464 e. The maximum atomic E-state index is 13.1. The number of esters is 1. The van der Waals surface area contributed by atoms with Crippen LogP contribution in [0.25, 0.3) is 0 Å². The highest BCUT2D eigenvalue weighted by Gasteiger charge is 2.43. The molecule has 6 heteroatoms. The average Bonchev–Trinajstić information content (AvgIpc) is 3.29. The third-order valence-corrected chi connectivity index (χ3v) is 6.06. The first-order chi connectivity index (χ1) is 12.1. The lowest BCUT2D eigenvalue weighted by atomic mass is 10.1. The Morgan fingerprint density at radius 2 is 1.96 bits per heavy atom. The maximum absolute atomic E-state index is 13.1. The first kappa shape index (κ1) is 18.0. The van der Waals surface area contributed by atoms with Gasteiger partial charge in [0.05, 0.1) is 11.5 Å². The van der Waals surface area contributed by atoms with Crippen LogP contribution >= 0.6 is 23.1 Å². The SMILES string of the molecule is CC(C)COC(=O)C1CSC(c2ccccc2)N1C(=O)c1cccs1. The topological polar surface area (TPSA) is 46.6 Å². The van der Waals surface area contributed by atoms with Gasteiger partial charge in [-0.05, 0) is 22.9 Å². The molecule has 25 heavy (non-hydrogen) atoms. The molecule has 0 spiro atoms. The van der Waals surface area contributed by atoms with Crippen LogP contribution in [-0.2, 0) is 9.53 Å². The van der Waals surface area contributed by atoms with Crippen molar-refractivity contribution < 1.29 is 14.3 Å². The van der Waals surface area contributed by atoms with Crippen molar-refractivity contribution in [2.75, 3.05) is 12.4 Å². The first-order valence-corrected chi connectivity index (χ1v) is 10.2. The normalized spacial score (nSPS) is 20.0. The molecule has 3 rings (SSSR count). The van der Waals surface area contributed by atoms with Crippen molar-refractivity contribution >= 4 is 35.0 Å². The Balaban J connectivity index is 1.87. The summed E-state index contributed by atoms with van der Waals surface area (Å²) in [4.78, 5) is 28.0. The lowest BCUT2D eigenvalue weighted by Crippen LogP contribution is -2.43. The number of hydrogen-bond acceptors (Lipinski definition) is 5. The number of hydrogen-bond donors (Lipinski definition) is 0. The lowest BCUT2D eigenvalue weighted by Gasteiger charge is -2.28. The second-order valence-corrected chi connectivity index (χ2v) is 8.39. The third-order valence-electron chi connectivity index (χ3n) is 3.88. The highest BCUT2D eigenvalue weighted by atomic mass is 32.2. The molecular formula is C19H21NO3S2. The Kier molecular flexibility index (Phi) is 5.81. The molecule has 0 saturated carbocycles. The summed E-state index contributed by atoms with van der Waals surface area (Å²) in [6.45, 7) is 4.37. The fraction of sp³-hybridized carbons (Fsp3) is 0.368. The van der Waals surface area contributed by atoms with Crippen molar-refractivity contribution in [1.29, 1.82) is 0 Å².